The summed E-state index contributed by atoms with van der Waals surface area (Å²) >= 11 is 0. The second-order valence-electron chi connectivity index (χ2n) is 6.91. The minimum Gasteiger partial charge on any atom is -0.489 e. The monoisotopic (exact) mass is 417 g/mol. The number of sulfone groups is 1. The van der Waals surface area contributed by atoms with Crippen molar-refractivity contribution in [3.8, 4) is 5.75 Å². The van der Waals surface area contributed by atoms with Gasteiger partial charge in [0, 0.05) is 12.8 Å². The van der Waals surface area contributed by atoms with Gasteiger partial charge in [-0.1, -0.05) is 37.3 Å². The maximum absolute atomic E-state index is 11.8. The van der Waals surface area contributed by atoms with E-state index in [0.29, 0.717) is 23.9 Å². The number of para-hydroxylation sites is 1. The summed E-state index contributed by atoms with van der Waals surface area (Å²) in [7, 11) is -3.21. The zero-order valence-corrected chi connectivity index (χ0v) is 18.4. The number of hydrogen-bond acceptors (Lipinski definition) is 4. The molecule has 2 aromatic carbocycles. The molecule has 1 atom stereocenters. The van der Waals surface area contributed by atoms with Crippen LogP contribution in [0.2, 0.25) is 0 Å². The van der Waals surface area contributed by atoms with Crippen molar-refractivity contribution in [2.24, 2.45) is 4.99 Å². The van der Waals surface area contributed by atoms with Crippen LogP contribution in [0.4, 0.5) is 0 Å². The number of rotatable bonds is 9. The minimum absolute atomic E-state index is 0.0255. The Bertz CT molecular complexity index is 912. The third kappa shape index (κ3) is 7.42. The molecule has 29 heavy (non-hydrogen) atoms. The molecule has 0 saturated heterocycles. The van der Waals surface area contributed by atoms with Gasteiger partial charge in [-0.15, -0.1) is 0 Å². The number of nitrogens with zero attached hydrogens (tertiary/aromatic N) is 1. The van der Waals surface area contributed by atoms with Crippen LogP contribution in [0.1, 0.15) is 31.4 Å². The van der Waals surface area contributed by atoms with Crippen molar-refractivity contribution < 1.29 is 13.2 Å². The van der Waals surface area contributed by atoms with Gasteiger partial charge in [-0.2, -0.15) is 0 Å². The fraction of sp³-hybridized carbons (Fsp3) is 0.409. The molecule has 0 saturated carbocycles. The van der Waals surface area contributed by atoms with Crippen LogP contribution >= 0.6 is 0 Å². The molecule has 6 nitrogen and oxygen atoms in total. The molecule has 0 bridgehead atoms. The molecule has 0 aliphatic rings. The van der Waals surface area contributed by atoms with Gasteiger partial charge in [0.15, 0.2) is 15.8 Å². The number of aliphatic imine (C=N–C) groups is 1. The number of ether oxygens (including phenoxy) is 1. The second-order valence-corrected chi connectivity index (χ2v) is 8.89. The predicted octanol–water partition coefficient (Wildman–Crippen LogP) is 3.31. The summed E-state index contributed by atoms with van der Waals surface area (Å²) in [6, 6.07) is 15.1. The van der Waals surface area contributed by atoms with Crippen LogP contribution in [0.25, 0.3) is 0 Å². The van der Waals surface area contributed by atoms with Gasteiger partial charge in [0.25, 0.3) is 0 Å². The highest BCUT2D eigenvalue weighted by Gasteiger charge is 2.11. The van der Waals surface area contributed by atoms with E-state index in [2.05, 4.69) is 22.5 Å². The summed E-state index contributed by atoms with van der Waals surface area (Å²) < 4.78 is 29.5. The first-order valence-corrected chi connectivity index (χ1v) is 11.8. The lowest BCUT2D eigenvalue weighted by Gasteiger charge is -2.20. The molecule has 0 radical (unpaired) electrons. The van der Waals surface area contributed by atoms with Gasteiger partial charge in [0.2, 0.25) is 0 Å². The Balaban J connectivity index is 2.01. The van der Waals surface area contributed by atoms with E-state index in [9.17, 15) is 8.42 Å². The largest absolute Gasteiger partial charge is 0.489 e. The maximum Gasteiger partial charge on any atom is 0.191 e. The van der Waals surface area contributed by atoms with Crippen molar-refractivity contribution in [3.63, 3.8) is 0 Å². The number of nitrogens with one attached hydrogen (secondary N) is 2. The van der Waals surface area contributed by atoms with Crippen molar-refractivity contribution in [2.45, 2.75) is 44.7 Å². The van der Waals surface area contributed by atoms with Gasteiger partial charge in [0.1, 0.15) is 11.9 Å². The third-order valence-corrected chi connectivity index (χ3v) is 5.66. The molecule has 0 amide bonds. The molecular formula is C22H31N3O3S. The van der Waals surface area contributed by atoms with Crippen molar-refractivity contribution in [1.82, 2.24) is 10.6 Å². The first-order valence-electron chi connectivity index (χ1n) is 9.87. The zero-order valence-electron chi connectivity index (χ0n) is 17.6. The smallest absolute Gasteiger partial charge is 0.191 e. The normalized spacial score (nSPS) is 13.0. The van der Waals surface area contributed by atoms with E-state index >= 15 is 0 Å². The van der Waals surface area contributed by atoms with Crippen molar-refractivity contribution in [3.05, 3.63) is 59.7 Å². The molecule has 158 valence electrons. The minimum atomic E-state index is -3.21. The Hall–Kier alpha value is -2.54. The lowest BCUT2D eigenvalue weighted by Crippen LogP contribution is -2.42. The first kappa shape index (κ1) is 22.7. The fourth-order valence-corrected chi connectivity index (χ4v) is 3.87. The molecule has 7 heteroatoms. The molecular weight excluding hydrogens is 386 g/mol. The van der Waals surface area contributed by atoms with Crippen molar-refractivity contribution in [1.29, 1.82) is 0 Å². The van der Waals surface area contributed by atoms with Gasteiger partial charge in [0.05, 0.1) is 18.0 Å². The molecule has 2 aromatic rings. The summed E-state index contributed by atoms with van der Waals surface area (Å²) in [5.74, 6) is 1.55. The van der Waals surface area contributed by atoms with E-state index in [0.717, 1.165) is 29.8 Å². The Morgan fingerprint density at radius 3 is 2.41 bits per heavy atom. The Labute approximate surface area is 174 Å². The highest BCUT2D eigenvalue weighted by atomic mass is 32.2. The van der Waals surface area contributed by atoms with E-state index in [1.165, 1.54) is 6.26 Å². The summed E-state index contributed by atoms with van der Waals surface area (Å²) in [6.07, 6.45) is 2.12. The highest BCUT2D eigenvalue weighted by Crippen LogP contribution is 2.17. The van der Waals surface area contributed by atoms with Crippen LogP contribution in [-0.4, -0.2) is 39.8 Å². The molecule has 0 aliphatic heterocycles. The number of aryl methyl sites for hydroxylation is 1. The zero-order chi connectivity index (χ0) is 21.3. The molecule has 0 spiro atoms. The van der Waals surface area contributed by atoms with E-state index in [1.807, 2.05) is 49.4 Å². The van der Waals surface area contributed by atoms with E-state index in [4.69, 9.17) is 4.74 Å². The van der Waals surface area contributed by atoms with Gasteiger partial charge < -0.3 is 15.4 Å². The highest BCUT2D eigenvalue weighted by molar-refractivity contribution is 7.90. The number of guanidine groups is 1. The average Bonchev–Trinajstić information content (AvgIpc) is 2.68. The Morgan fingerprint density at radius 1 is 1.10 bits per heavy atom. The van der Waals surface area contributed by atoms with E-state index in [-0.39, 0.29) is 6.10 Å². The Kier molecular flexibility index (Phi) is 8.51. The molecule has 2 rings (SSSR count). The summed E-state index contributed by atoms with van der Waals surface area (Å²) in [6.45, 7) is 7.74. The maximum atomic E-state index is 11.8. The van der Waals surface area contributed by atoms with Gasteiger partial charge >= 0.3 is 0 Å². The standard InChI is InChI=1S/C22H31N3O3S/c1-5-19(28-20-10-8-7-9-11-20)16-25-22(23-6-2)24-15-18-12-13-21(17(3)14-18)29(4,26)27/h7-14,19H,5-6,15-16H2,1-4H3,(H2,23,24,25). The lowest BCUT2D eigenvalue weighted by molar-refractivity contribution is 0.199. The van der Waals surface area contributed by atoms with Crippen LogP contribution in [0.3, 0.4) is 0 Å². The second kappa shape index (κ2) is 10.9. The van der Waals surface area contributed by atoms with Crippen LogP contribution in [0.5, 0.6) is 5.75 Å². The average molecular weight is 418 g/mol. The van der Waals surface area contributed by atoms with Crippen LogP contribution in [-0.2, 0) is 16.4 Å². The fourth-order valence-electron chi connectivity index (χ4n) is 2.91. The Morgan fingerprint density at radius 2 is 1.83 bits per heavy atom. The predicted molar refractivity (Wildman–Crippen MR) is 118 cm³/mol. The first-order chi connectivity index (χ1) is 13.8. The lowest BCUT2D eigenvalue weighted by atomic mass is 10.1. The van der Waals surface area contributed by atoms with Crippen LogP contribution < -0.4 is 15.4 Å². The van der Waals surface area contributed by atoms with Crippen LogP contribution in [0, 0.1) is 6.92 Å². The van der Waals surface area contributed by atoms with E-state index < -0.39 is 9.84 Å². The summed E-state index contributed by atoms with van der Waals surface area (Å²) in [4.78, 5) is 4.98. The molecule has 0 heterocycles. The number of hydrogen-bond donors (Lipinski definition) is 2. The van der Waals surface area contributed by atoms with Crippen molar-refractivity contribution >= 4 is 15.8 Å². The van der Waals surface area contributed by atoms with Gasteiger partial charge in [-0.25, -0.2) is 13.4 Å². The van der Waals surface area contributed by atoms with Gasteiger partial charge in [-0.05, 0) is 49.6 Å². The number of benzene rings is 2. The van der Waals surface area contributed by atoms with Crippen molar-refractivity contribution in [2.75, 3.05) is 19.3 Å². The topological polar surface area (TPSA) is 79.8 Å². The molecule has 0 aromatic heterocycles. The summed E-state index contributed by atoms with van der Waals surface area (Å²) in [5.41, 5.74) is 1.69. The molecule has 2 N–H and O–H groups in total. The molecule has 0 aliphatic carbocycles. The quantitative estimate of drug-likeness (QED) is 0.483. The molecule has 0 fully saturated rings. The SMILES string of the molecule is CCNC(=NCc1ccc(S(C)(=O)=O)c(C)c1)NCC(CC)Oc1ccccc1. The molecule has 1 unspecified atom stereocenters. The van der Waals surface area contributed by atoms with E-state index in [1.54, 1.807) is 13.0 Å². The third-order valence-electron chi connectivity index (χ3n) is 4.40. The van der Waals surface area contributed by atoms with Crippen LogP contribution in [0.15, 0.2) is 58.4 Å². The summed E-state index contributed by atoms with van der Waals surface area (Å²) in [5, 5.41) is 6.56. The van der Waals surface area contributed by atoms with Gasteiger partial charge in [-0.3, -0.25) is 0 Å².